The molecule has 0 saturated heterocycles. The van der Waals surface area contributed by atoms with Gasteiger partial charge in [0.25, 0.3) is 0 Å². The van der Waals surface area contributed by atoms with E-state index < -0.39 is 0 Å². The molecule has 0 aliphatic heterocycles. The first-order valence-corrected chi connectivity index (χ1v) is 7.53. The Hall–Kier alpha value is -0.820. The van der Waals surface area contributed by atoms with Crippen LogP contribution < -0.4 is 5.32 Å². The minimum Gasteiger partial charge on any atom is -0.317 e. The van der Waals surface area contributed by atoms with E-state index in [2.05, 4.69) is 50.4 Å². The van der Waals surface area contributed by atoms with E-state index in [1.165, 1.54) is 49.8 Å². The second kappa shape index (κ2) is 9.16. The first kappa shape index (κ1) is 15.2. The highest BCUT2D eigenvalue weighted by molar-refractivity contribution is 5.24. The zero-order valence-corrected chi connectivity index (χ0v) is 12.3. The molecule has 0 aliphatic carbocycles. The molecule has 1 heteroatoms. The predicted octanol–water partition coefficient (Wildman–Crippen LogP) is 4.52. The summed E-state index contributed by atoms with van der Waals surface area (Å²) in [6, 6.07) is 9.16. The van der Waals surface area contributed by atoms with Crippen molar-refractivity contribution < 1.29 is 0 Å². The van der Waals surface area contributed by atoms with Crippen molar-refractivity contribution >= 4 is 0 Å². The number of rotatable bonds is 9. The molecule has 0 heterocycles. The van der Waals surface area contributed by atoms with Crippen LogP contribution in [0.25, 0.3) is 0 Å². The summed E-state index contributed by atoms with van der Waals surface area (Å²) in [5.41, 5.74) is 2.94. The van der Waals surface area contributed by atoms with Gasteiger partial charge in [0.15, 0.2) is 0 Å². The summed E-state index contributed by atoms with van der Waals surface area (Å²) in [6.45, 7) is 8.95. The van der Waals surface area contributed by atoms with Crippen LogP contribution >= 0.6 is 0 Å². The molecule has 0 aliphatic rings. The molecule has 0 spiro atoms. The largest absolute Gasteiger partial charge is 0.317 e. The minimum atomic E-state index is 0.644. The quantitative estimate of drug-likeness (QED) is 0.633. The van der Waals surface area contributed by atoms with Crippen LogP contribution in [0.3, 0.4) is 0 Å². The van der Waals surface area contributed by atoms with Gasteiger partial charge < -0.3 is 5.32 Å². The predicted molar refractivity (Wildman–Crippen MR) is 81.2 cm³/mol. The standard InChI is InChI=1S/C17H29N/c1-4-18-14-8-6-5-7-9-16-10-12-17(13-11-16)15(2)3/h10-13,15,18H,4-9,14H2,1-3H3. The summed E-state index contributed by atoms with van der Waals surface area (Å²) >= 11 is 0. The van der Waals surface area contributed by atoms with Crippen molar-refractivity contribution in [1.29, 1.82) is 0 Å². The van der Waals surface area contributed by atoms with Crippen LogP contribution in [0.4, 0.5) is 0 Å². The van der Waals surface area contributed by atoms with Crippen molar-refractivity contribution in [3.05, 3.63) is 35.4 Å². The van der Waals surface area contributed by atoms with E-state index in [4.69, 9.17) is 0 Å². The van der Waals surface area contributed by atoms with Gasteiger partial charge >= 0.3 is 0 Å². The lowest BCUT2D eigenvalue weighted by Gasteiger charge is -2.07. The smallest absolute Gasteiger partial charge is 0.00490 e. The summed E-state index contributed by atoms with van der Waals surface area (Å²) in [4.78, 5) is 0. The molecule has 0 radical (unpaired) electrons. The molecule has 1 rings (SSSR count). The molecule has 0 amide bonds. The minimum absolute atomic E-state index is 0.644. The third-order valence-electron chi connectivity index (χ3n) is 3.47. The third-order valence-corrected chi connectivity index (χ3v) is 3.47. The van der Waals surface area contributed by atoms with E-state index in [-0.39, 0.29) is 0 Å². The van der Waals surface area contributed by atoms with Crippen molar-refractivity contribution in [2.75, 3.05) is 13.1 Å². The maximum Gasteiger partial charge on any atom is -0.00490 e. The number of hydrogen-bond acceptors (Lipinski definition) is 1. The molecule has 0 atom stereocenters. The van der Waals surface area contributed by atoms with E-state index in [1.807, 2.05) is 0 Å². The van der Waals surface area contributed by atoms with Crippen molar-refractivity contribution in [3.63, 3.8) is 0 Å². The van der Waals surface area contributed by atoms with Crippen molar-refractivity contribution in [2.24, 2.45) is 0 Å². The molecule has 1 aromatic rings. The third kappa shape index (κ3) is 6.20. The molecule has 18 heavy (non-hydrogen) atoms. The maximum atomic E-state index is 3.37. The van der Waals surface area contributed by atoms with Crippen LogP contribution in [0.2, 0.25) is 0 Å². The fourth-order valence-electron chi connectivity index (χ4n) is 2.18. The van der Waals surface area contributed by atoms with Crippen molar-refractivity contribution in [3.8, 4) is 0 Å². The molecule has 0 fully saturated rings. The van der Waals surface area contributed by atoms with Gasteiger partial charge in [0, 0.05) is 0 Å². The van der Waals surface area contributed by atoms with Gasteiger partial charge in [0.2, 0.25) is 0 Å². The summed E-state index contributed by atoms with van der Waals surface area (Å²) in [6.07, 6.45) is 6.60. The average Bonchev–Trinajstić information content (AvgIpc) is 2.38. The lowest BCUT2D eigenvalue weighted by Crippen LogP contribution is -2.13. The van der Waals surface area contributed by atoms with Gasteiger partial charge in [-0.25, -0.2) is 0 Å². The Bertz CT molecular complexity index is 300. The molecule has 102 valence electrons. The van der Waals surface area contributed by atoms with Crippen LogP contribution in [0.5, 0.6) is 0 Å². The summed E-state index contributed by atoms with van der Waals surface area (Å²) in [5.74, 6) is 0.644. The van der Waals surface area contributed by atoms with Crippen LogP contribution in [0.15, 0.2) is 24.3 Å². The zero-order chi connectivity index (χ0) is 13.2. The van der Waals surface area contributed by atoms with Crippen molar-refractivity contribution in [1.82, 2.24) is 5.32 Å². The normalized spacial score (nSPS) is 11.1. The molecule has 0 unspecified atom stereocenters. The van der Waals surface area contributed by atoms with Crippen LogP contribution in [0, 0.1) is 0 Å². The molecule has 0 bridgehead atoms. The summed E-state index contributed by atoms with van der Waals surface area (Å²) in [5, 5.41) is 3.37. The van der Waals surface area contributed by atoms with Crippen LogP contribution in [-0.4, -0.2) is 13.1 Å². The van der Waals surface area contributed by atoms with Gasteiger partial charge in [-0.3, -0.25) is 0 Å². The summed E-state index contributed by atoms with van der Waals surface area (Å²) < 4.78 is 0. The molecule has 1 nitrogen and oxygen atoms in total. The summed E-state index contributed by atoms with van der Waals surface area (Å²) in [7, 11) is 0. The number of hydrogen-bond donors (Lipinski definition) is 1. The van der Waals surface area contributed by atoms with E-state index in [1.54, 1.807) is 0 Å². The van der Waals surface area contributed by atoms with Crippen LogP contribution in [-0.2, 0) is 6.42 Å². The molecular formula is C17H29N. The van der Waals surface area contributed by atoms with Gasteiger partial charge in [-0.05, 0) is 49.4 Å². The molecular weight excluding hydrogens is 218 g/mol. The van der Waals surface area contributed by atoms with E-state index in [0.717, 1.165) is 6.54 Å². The average molecular weight is 247 g/mol. The Labute approximate surface area is 113 Å². The Kier molecular flexibility index (Phi) is 7.75. The Balaban J connectivity index is 2.12. The van der Waals surface area contributed by atoms with Gasteiger partial charge in [-0.15, -0.1) is 0 Å². The molecule has 1 N–H and O–H groups in total. The highest BCUT2D eigenvalue weighted by Crippen LogP contribution is 2.16. The maximum absolute atomic E-state index is 3.37. The van der Waals surface area contributed by atoms with Gasteiger partial charge in [0.05, 0.1) is 0 Å². The highest BCUT2D eigenvalue weighted by atomic mass is 14.8. The second-order valence-electron chi connectivity index (χ2n) is 5.41. The Morgan fingerprint density at radius 1 is 0.944 bits per heavy atom. The Morgan fingerprint density at radius 2 is 1.61 bits per heavy atom. The van der Waals surface area contributed by atoms with Crippen LogP contribution in [0.1, 0.15) is 63.5 Å². The zero-order valence-electron chi connectivity index (χ0n) is 12.3. The second-order valence-corrected chi connectivity index (χ2v) is 5.41. The van der Waals surface area contributed by atoms with E-state index in [9.17, 15) is 0 Å². The number of nitrogens with one attached hydrogen (secondary N) is 1. The SMILES string of the molecule is CCNCCCCCCc1ccc(C(C)C)cc1. The van der Waals surface area contributed by atoms with E-state index >= 15 is 0 Å². The highest BCUT2D eigenvalue weighted by Gasteiger charge is 1.99. The van der Waals surface area contributed by atoms with Gasteiger partial charge in [-0.2, -0.15) is 0 Å². The van der Waals surface area contributed by atoms with Crippen molar-refractivity contribution in [2.45, 2.75) is 58.8 Å². The first-order valence-electron chi connectivity index (χ1n) is 7.53. The lowest BCUT2D eigenvalue weighted by molar-refractivity contribution is 0.598. The Morgan fingerprint density at radius 3 is 2.22 bits per heavy atom. The number of aryl methyl sites for hydroxylation is 1. The first-order chi connectivity index (χ1) is 8.74. The van der Waals surface area contributed by atoms with Gasteiger partial charge in [-0.1, -0.05) is 57.9 Å². The fourth-order valence-corrected chi connectivity index (χ4v) is 2.18. The number of benzene rings is 1. The molecule has 0 saturated carbocycles. The molecule has 1 aromatic carbocycles. The van der Waals surface area contributed by atoms with E-state index in [0.29, 0.717) is 5.92 Å². The lowest BCUT2D eigenvalue weighted by atomic mass is 9.99. The fraction of sp³-hybridized carbons (Fsp3) is 0.647. The van der Waals surface area contributed by atoms with Gasteiger partial charge in [0.1, 0.15) is 0 Å². The molecule has 0 aromatic heterocycles. The topological polar surface area (TPSA) is 12.0 Å². The monoisotopic (exact) mass is 247 g/mol. The number of unbranched alkanes of at least 4 members (excludes halogenated alkanes) is 3.